The fourth-order valence-electron chi connectivity index (χ4n) is 4.88. The van der Waals surface area contributed by atoms with Crippen LogP contribution in [0.3, 0.4) is 0 Å². The van der Waals surface area contributed by atoms with E-state index in [0.29, 0.717) is 40.0 Å². The van der Waals surface area contributed by atoms with Crippen LogP contribution in [0.1, 0.15) is 28.2 Å². The average molecular weight is 508 g/mol. The van der Waals surface area contributed by atoms with Crippen molar-refractivity contribution in [2.45, 2.75) is 25.4 Å². The van der Waals surface area contributed by atoms with Crippen LogP contribution in [0, 0.1) is 18.6 Å². The van der Waals surface area contributed by atoms with Gasteiger partial charge < -0.3 is 24.5 Å². The first-order valence-electron chi connectivity index (χ1n) is 11.9. The van der Waals surface area contributed by atoms with Gasteiger partial charge in [0.1, 0.15) is 24.3 Å². The maximum Gasteiger partial charge on any atom is 0.329 e. The van der Waals surface area contributed by atoms with Crippen molar-refractivity contribution >= 4 is 22.7 Å². The van der Waals surface area contributed by atoms with Gasteiger partial charge in [0, 0.05) is 48.1 Å². The van der Waals surface area contributed by atoms with Gasteiger partial charge in [-0.05, 0) is 50.3 Å². The van der Waals surface area contributed by atoms with E-state index < -0.39 is 29.6 Å². The average Bonchev–Trinajstić information content (AvgIpc) is 3.42. The number of halogens is 2. The second-order valence-corrected chi connectivity index (χ2v) is 9.50. The molecule has 2 aromatic carbocycles. The summed E-state index contributed by atoms with van der Waals surface area (Å²) in [6.45, 7) is 2.21. The van der Waals surface area contributed by atoms with Gasteiger partial charge in [-0.2, -0.15) is 0 Å². The molecule has 4 aromatic rings. The van der Waals surface area contributed by atoms with Gasteiger partial charge in [-0.3, -0.25) is 4.79 Å². The zero-order chi connectivity index (χ0) is 26.3. The molecule has 37 heavy (non-hydrogen) atoms. The largest absolute Gasteiger partial charge is 0.463 e. The number of anilines is 1. The molecule has 10 heteroatoms. The highest BCUT2D eigenvalue weighted by molar-refractivity contribution is 5.87. The molecular weight excluding hydrogens is 480 g/mol. The van der Waals surface area contributed by atoms with Crippen LogP contribution in [-0.2, 0) is 16.1 Å². The molecular formula is C27H27F2N5O3. The van der Waals surface area contributed by atoms with Crippen LogP contribution < -0.4 is 10.5 Å². The Balaban J connectivity index is 1.65. The van der Waals surface area contributed by atoms with Gasteiger partial charge in [0.25, 0.3) is 5.56 Å². The lowest BCUT2D eigenvalue weighted by Gasteiger charge is -2.29. The number of nitrogens with one attached hydrogen (secondary N) is 2. The molecule has 5 rings (SSSR count). The molecule has 0 fully saturated rings. The Bertz CT molecular complexity index is 1530. The van der Waals surface area contributed by atoms with Crippen molar-refractivity contribution in [1.29, 1.82) is 0 Å². The summed E-state index contributed by atoms with van der Waals surface area (Å²) in [5, 5.41) is 0. The molecule has 1 aliphatic heterocycles. The van der Waals surface area contributed by atoms with Crippen molar-refractivity contribution in [3.05, 3.63) is 93.2 Å². The minimum atomic E-state index is -1.02. The first-order valence-corrected chi connectivity index (χ1v) is 11.9. The molecule has 0 radical (unpaired) electrons. The summed E-state index contributed by atoms with van der Waals surface area (Å²) in [5.41, 5.74) is 2.77. The minimum absolute atomic E-state index is 0.0506. The Morgan fingerprint density at radius 2 is 1.95 bits per heavy atom. The maximum absolute atomic E-state index is 15.1. The minimum Gasteiger partial charge on any atom is -0.463 e. The van der Waals surface area contributed by atoms with E-state index in [4.69, 9.17) is 4.74 Å². The number of likely N-dealkylation sites (N-methyl/N-ethyl adjacent to an activating group) is 1. The lowest BCUT2D eigenvalue weighted by Crippen LogP contribution is -2.43. The smallest absolute Gasteiger partial charge is 0.329 e. The van der Waals surface area contributed by atoms with Gasteiger partial charge in [-0.1, -0.05) is 12.1 Å². The number of hydrogen-bond acceptors (Lipinski definition) is 6. The van der Waals surface area contributed by atoms with Crippen molar-refractivity contribution in [2.24, 2.45) is 0 Å². The van der Waals surface area contributed by atoms with Crippen LogP contribution in [0.15, 0.2) is 53.7 Å². The van der Waals surface area contributed by atoms with Gasteiger partial charge in [0.15, 0.2) is 0 Å². The number of hydrogen-bond donors (Lipinski definition) is 2. The number of pyridine rings is 1. The summed E-state index contributed by atoms with van der Waals surface area (Å²) in [7, 11) is 3.72. The number of aromatic nitrogens is 3. The molecule has 8 nitrogen and oxygen atoms in total. The Hall–Kier alpha value is -4.05. The maximum atomic E-state index is 15.1. The number of benzene rings is 2. The summed E-state index contributed by atoms with van der Waals surface area (Å²) < 4.78 is 35.6. The van der Waals surface area contributed by atoms with Crippen molar-refractivity contribution in [3.8, 4) is 0 Å². The number of esters is 1. The normalized spacial score (nSPS) is 17.0. The van der Waals surface area contributed by atoms with E-state index in [9.17, 15) is 14.0 Å². The Morgan fingerprint density at radius 1 is 1.14 bits per heavy atom. The number of aromatic amines is 2. The molecule has 192 valence electrons. The fraction of sp³-hybridized carbons (Fsp3) is 0.296. The molecule has 2 N–H and O–H groups in total. The number of carbonyl (C=O) groups excluding carboxylic acids is 1. The molecule has 2 unspecified atom stereocenters. The second-order valence-electron chi connectivity index (χ2n) is 9.50. The number of carbonyl (C=O) groups is 1. The second kappa shape index (κ2) is 9.78. The molecule has 0 saturated carbocycles. The van der Waals surface area contributed by atoms with Crippen LogP contribution in [0.5, 0.6) is 0 Å². The van der Waals surface area contributed by atoms with Crippen molar-refractivity contribution in [2.75, 3.05) is 32.1 Å². The van der Waals surface area contributed by atoms with Crippen molar-refractivity contribution in [3.63, 3.8) is 0 Å². The molecule has 2 aromatic heterocycles. The molecule has 0 aliphatic carbocycles. The quantitative estimate of drug-likeness (QED) is 0.372. The topological polar surface area (TPSA) is 94.3 Å². The highest BCUT2D eigenvalue weighted by Crippen LogP contribution is 2.46. The fourth-order valence-corrected chi connectivity index (χ4v) is 4.88. The van der Waals surface area contributed by atoms with Gasteiger partial charge >= 0.3 is 5.97 Å². The van der Waals surface area contributed by atoms with Crippen LogP contribution in [-0.4, -0.2) is 59.1 Å². The molecule has 3 heterocycles. The van der Waals surface area contributed by atoms with Crippen LogP contribution in [0.2, 0.25) is 0 Å². The van der Waals surface area contributed by atoms with E-state index >= 15 is 4.39 Å². The lowest BCUT2D eigenvalue weighted by atomic mass is 9.87. The third-order valence-corrected chi connectivity index (χ3v) is 6.74. The molecule has 0 saturated heterocycles. The number of imidazole rings is 1. The number of rotatable bonds is 7. The SMILES string of the molecule is Cc1cc2c(cc1F)N(Cc1cc3[nH]cnc3cc1F)C(C(=O)OCCN(C)C)C2c1ccc[nH]c1=O. The number of nitrogens with zero attached hydrogens (tertiary/aromatic N) is 3. The first-order chi connectivity index (χ1) is 17.7. The highest BCUT2D eigenvalue weighted by atomic mass is 19.1. The summed E-state index contributed by atoms with van der Waals surface area (Å²) in [4.78, 5) is 39.7. The standard InChI is InChI=1S/C27H27F2N5O3/c1-15-9-18-23(12-19(15)28)34(13-16-10-21-22(11-20(16)29)32-14-31-21)25(27(36)37-8-7-33(2)3)24(18)17-5-4-6-30-26(17)35/h4-6,9-12,14,24-25H,7-8,13H2,1-3H3,(H,30,35)(H,31,32). The summed E-state index contributed by atoms with van der Waals surface area (Å²) >= 11 is 0. The van der Waals surface area contributed by atoms with Gasteiger partial charge in [0.2, 0.25) is 0 Å². The molecule has 0 bridgehead atoms. The number of aryl methyl sites for hydroxylation is 1. The summed E-state index contributed by atoms with van der Waals surface area (Å²) in [5.74, 6) is -2.29. The summed E-state index contributed by atoms with van der Waals surface area (Å²) in [6, 6.07) is 8.24. The van der Waals surface area contributed by atoms with Gasteiger partial charge in [-0.15, -0.1) is 0 Å². The van der Waals surface area contributed by atoms with E-state index in [1.807, 2.05) is 19.0 Å². The van der Waals surface area contributed by atoms with E-state index in [2.05, 4.69) is 15.0 Å². The zero-order valence-electron chi connectivity index (χ0n) is 20.7. The van der Waals surface area contributed by atoms with Crippen LogP contribution in [0.4, 0.5) is 14.5 Å². The molecule has 0 amide bonds. The van der Waals surface area contributed by atoms with E-state index in [1.165, 1.54) is 24.7 Å². The lowest BCUT2D eigenvalue weighted by molar-refractivity contribution is -0.145. The monoisotopic (exact) mass is 507 g/mol. The first kappa shape index (κ1) is 24.6. The highest BCUT2D eigenvalue weighted by Gasteiger charge is 2.46. The molecule has 0 spiro atoms. The third-order valence-electron chi connectivity index (χ3n) is 6.74. The predicted octanol–water partition coefficient (Wildman–Crippen LogP) is 3.46. The van der Waals surface area contributed by atoms with Crippen molar-refractivity contribution in [1.82, 2.24) is 19.9 Å². The van der Waals surface area contributed by atoms with E-state index in [1.54, 1.807) is 36.1 Å². The van der Waals surface area contributed by atoms with Gasteiger partial charge in [-0.25, -0.2) is 18.6 Å². The third kappa shape index (κ3) is 4.60. The van der Waals surface area contributed by atoms with Crippen LogP contribution in [0.25, 0.3) is 11.0 Å². The molecule has 1 aliphatic rings. The Kier molecular flexibility index (Phi) is 6.51. The van der Waals surface area contributed by atoms with Gasteiger partial charge in [0.05, 0.1) is 17.4 Å². The van der Waals surface area contributed by atoms with E-state index in [-0.39, 0.29) is 24.3 Å². The number of H-pyrrole nitrogens is 2. The summed E-state index contributed by atoms with van der Waals surface area (Å²) in [6.07, 6.45) is 2.98. The van der Waals surface area contributed by atoms with Crippen molar-refractivity contribution < 1.29 is 18.3 Å². The number of fused-ring (bicyclic) bond motifs is 2. The predicted molar refractivity (Wildman–Crippen MR) is 136 cm³/mol. The Morgan fingerprint density at radius 3 is 2.70 bits per heavy atom. The van der Waals surface area contributed by atoms with E-state index in [0.717, 1.165) is 0 Å². The zero-order valence-corrected chi connectivity index (χ0v) is 20.7. The van der Waals surface area contributed by atoms with Crippen LogP contribution >= 0.6 is 0 Å². The Labute approximate surface area is 211 Å². The number of ether oxygens (including phenoxy) is 1. The molecule has 2 atom stereocenters.